The predicted octanol–water partition coefficient (Wildman–Crippen LogP) is 1.82. The average molecular weight is 488 g/mol. The minimum Gasteiger partial charge on any atom is -1.00 e. The molecule has 2 heterocycles. The summed E-state index contributed by atoms with van der Waals surface area (Å²) in [6.07, 6.45) is 1.86. The number of rotatable bonds is 5. The predicted molar refractivity (Wildman–Crippen MR) is 135 cm³/mol. The number of benzene rings is 3. The van der Waals surface area contributed by atoms with Crippen LogP contribution < -0.4 is 22.0 Å². The summed E-state index contributed by atoms with van der Waals surface area (Å²) in [5.74, 6) is 0.866. The number of carbonyl (C=O) groups excluding carboxylic acids is 1. The lowest BCUT2D eigenvalue weighted by atomic mass is 10.1. The molecule has 0 unspecified atom stereocenters. The van der Waals surface area contributed by atoms with Crippen molar-refractivity contribution in [3.05, 3.63) is 96.2 Å². The number of anilines is 1. The molecule has 1 aromatic heterocycles. The van der Waals surface area contributed by atoms with Crippen LogP contribution in [0.15, 0.2) is 85.1 Å². The molecule has 1 aliphatic heterocycles. The van der Waals surface area contributed by atoms with Gasteiger partial charge in [0.15, 0.2) is 0 Å². The summed E-state index contributed by atoms with van der Waals surface area (Å²) in [6, 6.07) is 26.1. The molecule has 0 bridgehead atoms. The summed E-state index contributed by atoms with van der Waals surface area (Å²) >= 11 is 0. The number of hydrogen-bond donors (Lipinski definition) is 0. The Kier molecular flexibility index (Phi) is 7.42. The maximum Gasteiger partial charge on any atom is 0.257 e. The molecule has 1 aliphatic rings. The first kappa shape index (κ1) is 24.4. The molecule has 0 radical (unpaired) electrons. The Morgan fingerprint density at radius 3 is 2.20 bits per heavy atom. The Morgan fingerprint density at radius 2 is 1.51 bits per heavy atom. The summed E-state index contributed by atoms with van der Waals surface area (Å²) in [5.41, 5.74) is 5.44. The first-order valence-electron chi connectivity index (χ1n) is 11.5. The highest BCUT2D eigenvalue weighted by Gasteiger charge is 2.27. The molecule has 0 atom stereocenters. The monoisotopic (exact) mass is 487 g/mol. The molecule has 0 N–H and O–H groups in total. The molecule has 6 nitrogen and oxygen atoms in total. The third kappa shape index (κ3) is 5.03. The zero-order chi connectivity index (χ0) is 23.5. The second-order valence-corrected chi connectivity index (χ2v) is 8.49. The van der Waals surface area contributed by atoms with Crippen LogP contribution in [-0.4, -0.2) is 53.9 Å². The van der Waals surface area contributed by atoms with Gasteiger partial charge in [0.2, 0.25) is 0 Å². The number of methoxy groups -OCH3 is 1. The van der Waals surface area contributed by atoms with Gasteiger partial charge in [-0.05, 0) is 31.2 Å². The van der Waals surface area contributed by atoms with Crippen molar-refractivity contribution in [2.75, 3.05) is 38.2 Å². The van der Waals surface area contributed by atoms with E-state index in [0.29, 0.717) is 24.3 Å². The van der Waals surface area contributed by atoms with Crippen molar-refractivity contribution < 1.29 is 21.9 Å². The number of halogens is 1. The first-order valence-corrected chi connectivity index (χ1v) is 11.5. The van der Waals surface area contributed by atoms with E-state index in [4.69, 9.17) is 9.84 Å². The Hall–Kier alpha value is -3.77. The third-order valence-corrected chi connectivity index (χ3v) is 6.28. The van der Waals surface area contributed by atoms with Gasteiger partial charge in [0.05, 0.1) is 24.0 Å². The van der Waals surface area contributed by atoms with Crippen LogP contribution in [0.25, 0.3) is 16.9 Å². The molecule has 1 saturated heterocycles. The van der Waals surface area contributed by atoms with Gasteiger partial charge in [-0.2, -0.15) is 5.10 Å². The van der Waals surface area contributed by atoms with Crippen molar-refractivity contribution >= 4 is 11.6 Å². The molecule has 3 aromatic carbocycles. The standard InChI is InChI=1S/C28H28N4O2.ClH/c1-21-12-14-22(15-13-21)27-24(20-32(29-27)23-8-4-3-5-9-23)28(33)31-18-16-30(17-19-31)25-10-6-7-11-26(25)34-2;/h3-15,20H,16-19H2,1-2H3;1H/p-1. The lowest BCUT2D eigenvalue weighted by Gasteiger charge is -2.36. The van der Waals surface area contributed by atoms with Crippen molar-refractivity contribution in [3.8, 4) is 22.7 Å². The summed E-state index contributed by atoms with van der Waals surface area (Å²) in [7, 11) is 1.69. The summed E-state index contributed by atoms with van der Waals surface area (Å²) in [4.78, 5) is 17.9. The maximum absolute atomic E-state index is 13.7. The molecule has 7 heteroatoms. The van der Waals surface area contributed by atoms with Crippen LogP contribution >= 0.6 is 0 Å². The van der Waals surface area contributed by atoms with Crippen LogP contribution in [0.1, 0.15) is 15.9 Å². The van der Waals surface area contributed by atoms with Crippen LogP contribution in [0.2, 0.25) is 0 Å². The molecule has 0 saturated carbocycles. The van der Waals surface area contributed by atoms with Crippen LogP contribution in [0, 0.1) is 6.92 Å². The van der Waals surface area contributed by atoms with Gasteiger partial charge in [0.1, 0.15) is 11.4 Å². The average Bonchev–Trinajstić information content (AvgIpc) is 3.35. The minimum absolute atomic E-state index is 0. The normalized spacial score (nSPS) is 13.3. The number of carbonyl (C=O) groups is 1. The second kappa shape index (κ2) is 10.7. The van der Waals surface area contributed by atoms with Gasteiger partial charge in [0.25, 0.3) is 5.91 Å². The van der Waals surface area contributed by atoms with Gasteiger partial charge >= 0.3 is 0 Å². The Balaban J connectivity index is 0.00000289. The van der Waals surface area contributed by atoms with Crippen LogP contribution in [0.5, 0.6) is 5.75 Å². The van der Waals surface area contributed by atoms with E-state index >= 15 is 0 Å². The van der Waals surface area contributed by atoms with Crippen molar-refractivity contribution in [2.45, 2.75) is 6.92 Å². The Labute approximate surface area is 212 Å². The number of para-hydroxylation sites is 3. The van der Waals surface area contributed by atoms with E-state index in [-0.39, 0.29) is 18.3 Å². The number of aryl methyl sites for hydroxylation is 1. The largest absolute Gasteiger partial charge is 1.00 e. The summed E-state index contributed by atoms with van der Waals surface area (Å²) < 4.78 is 7.33. The van der Waals surface area contributed by atoms with Crippen LogP contribution in [0.4, 0.5) is 5.69 Å². The van der Waals surface area contributed by atoms with E-state index < -0.39 is 0 Å². The van der Waals surface area contributed by atoms with Gasteiger partial charge in [-0.1, -0.05) is 60.2 Å². The minimum atomic E-state index is 0. The summed E-state index contributed by atoms with van der Waals surface area (Å²) in [6.45, 7) is 4.83. The van der Waals surface area contributed by atoms with E-state index in [1.54, 1.807) is 11.8 Å². The van der Waals surface area contributed by atoms with Crippen LogP contribution in [0.3, 0.4) is 0 Å². The second-order valence-electron chi connectivity index (χ2n) is 8.49. The molecule has 180 valence electrons. The Bertz CT molecular complexity index is 1280. The fourth-order valence-electron chi connectivity index (χ4n) is 4.38. The third-order valence-electron chi connectivity index (χ3n) is 6.28. The molecule has 4 aromatic rings. The van der Waals surface area contributed by atoms with Gasteiger partial charge in [-0.15, -0.1) is 0 Å². The number of piperazine rings is 1. The van der Waals surface area contributed by atoms with E-state index in [1.165, 1.54) is 5.56 Å². The highest BCUT2D eigenvalue weighted by molar-refractivity contribution is 6.00. The van der Waals surface area contributed by atoms with Gasteiger partial charge in [0, 0.05) is 37.9 Å². The molecule has 0 aliphatic carbocycles. The number of amides is 1. The Morgan fingerprint density at radius 1 is 0.857 bits per heavy atom. The van der Waals surface area contributed by atoms with Gasteiger partial charge in [-0.25, -0.2) is 4.68 Å². The fourth-order valence-corrected chi connectivity index (χ4v) is 4.38. The molecule has 35 heavy (non-hydrogen) atoms. The lowest BCUT2D eigenvalue weighted by molar-refractivity contribution is -0.0000171. The van der Waals surface area contributed by atoms with Gasteiger partial charge in [-0.3, -0.25) is 4.79 Å². The zero-order valence-electron chi connectivity index (χ0n) is 19.9. The molecular weight excluding hydrogens is 460 g/mol. The number of aromatic nitrogens is 2. The first-order chi connectivity index (χ1) is 16.6. The van der Waals surface area contributed by atoms with Crippen molar-refractivity contribution in [2.24, 2.45) is 0 Å². The molecule has 0 spiro atoms. The van der Waals surface area contributed by atoms with Gasteiger partial charge < -0.3 is 26.9 Å². The van der Waals surface area contributed by atoms with E-state index in [1.807, 2.05) is 71.8 Å². The molecular formula is C28H28ClN4O2-. The van der Waals surface area contributed by atoms with E-state index in [9.17, 15) is 4.79 Å². The van der Waals surface area contributed by atoms with Crippen molar-refractivity contribution in [1.29, 1.82) is 0 Å². The molecule has 5 rings (SSSR count). The number of ether oxygens (including phenoxy) is 1. The van der Waals surface area contributed by atoms with E-state index in [0.717, 1.165) is 35.8 Å². The molecule has 1 amide bonds. The topological polar surface area (TPSA) is 50.6 Å². The maximum atomic E-state index is 13.7. The van der Waals surface area contributed by atoms with E-state index in [2.05, 4.69) is 30.0 Å². The number of hydrogen-bond acceptors (Lipinski definition) is 4. The lowest BCUT2D eigenvalue weighted by Crippen LogP contribution is -3.00. The molecule has 1 fully saturated rings. The fraction of sp³-hybridized carbons (Fsp3) is 0.214. The van der Waals surface area contributed by atoms with Crippen molar-refractivity contribution in [1.82, 2.24) is 14.7 Å². The summed E-state index contributed by atoms with van der Waals surface area (Å²) in [5, 5.41) is 4.82. The highest BCUT2D eigenvalue weighted by atomic mass is 35.5. The van der Waals surface area contributed by atoms with Crippen molar-refractivity contribution in [3.63, 3.8) is 0 Å². The SMILES string of the molecule is COc1ccccc1N1CCN(C(=O)c2cn(-c3ccccc3)nc2-c2ccc(C)cc2)CC1.[Cl-]. The smallest absolute Gasteiger partial charge is 0.257 e. The highest BCUT2D eigenvalue weighted by Crippen LogP contribution is 2.30. The van der Waals surface area contributed by atoms with Crippen LogP contribution in [-0.2, 0) is 0 Å². The quantitative estimate of drug-likeness (QED) is 0.431. The zero-order valence-corrected chi connectivity index (χ0v) is 20.7. The number of nitrogens with zero attached hydrogens (tertiary/aromatic N) is 4.